The largest absolute Gasteiger partial charge is 0.336 e. The summed E-state index contributed by atoms with van der Waals surface area (Å²) < 4.78 is 1.96. The molecular formula is C15H18N4OS. The van der Waals surface area contributed by atoms with E-state index in [0.29, 0.717) is 5.92 Å². The molecule has 0 radical (unpaired) electrons. The van der Waals surface area contributed by atoms with E-state index in [9.17, 15) is 4.79 Å². The van der Waals surface area contributed by atoms with Crippen LogP contribution in [0.5, 0.6) is 0 Å². The molecule has 0 bridgehead atoms. The van der Waals surface area contributed by atoms with Crippen LogP contribution in [-0.4, -0.2) is 38.9 Å². The van der Waals surface area contributed by atoms with Gasteiger partial charge in [-0.3, -0.25) is 4.79 Å². The third-order valence-corrected chi connectivity index (χ3v) is 5.33. The Morgan fingerprint density at radius 3 is 2.95 bits per heavy atom. The molecule has 1 aliphatic carbocycles. The number of rotatable bonds is 3. The lowest BCUT2D eigenvalue weighted by atomic mass is 10.2. The Hall–Kier alpha value is -1.69. The Balaban J connectivity index is 1.45. The molecule has 1 aliphatic heterocycles. The standard InChI is InChI=1S/C15H18N4OS/c1-10-6-14(21-9-10)15(20)18-5-4-12(7-18)19-8-13(16-17-19)11-2-3-11/h6,8-9,11-12H,2-5,7H2,1H3. The SMILES string of the molecule is Cc1csc(C(=O)N2CCC(n3cc(C4CC4)nn3)C2)c1. The fraction of sp³-hybridized carbons (Fsp3) is 0.533. The molecule has 1 saturated carbocycles. The van der Waals surface area contributed by atoms with Gasteiger partial charge in [-0.15, -0.1) is 16.4 Å². The minimum Gasteiger partial charge on any atom is -0.336 e. The van der Waals surface area contributed by atoms with E-state index in [2.05, 4.69) is 16.5 Å². The zero-order valence-electron chi connectivity index (χ0n) is 12.0. The maximum Gasteiger partial charge on any atom is 0.264 e. The van der Waals surface area contributed by atoms with Gasteiger partial charge in [-0.1, -0.05) is 5.21 Å². The van der Waals surface area contributed by atoms with Crippen LogP contribution in [0, 0.1) is 6.92 Å². The fourth-order valence-electron chi connectivity index (χ4n) is 2.88. The molecule has 0 N–H and O–H groups in total. The summed E-state index contributed by atoms with van der Waals surface area (Å²) in [4.78, 5) is 15.2. The van der Waals surface area contributed by atoms with Crippen LogP contribution in [0.15, 0.2) is 17.6 Å². The average molecular weight is 302 g/mol. The van der Waals surface area contributed by atoms with Crippen LogP contribution in [0.25, 0.3) is 0 Å². The van der Waals surface area contributed by atoms with Gasteiger partial charge in [-0.2, -0.15) is 0 Å². The summed E-state index contributed by atoms with van der Waals surface area (Å²) in [6, 6.07) is 2.25. The molecule has 2 aliphatic rings. The van der Waals surface area contributed by atoms with Crippen molar-refractivity contribution in [2.45, 2.75) is 38.1 Å². The monoisotopic (exact) mass is 302 g/mol. The van der Waals surface area contributed by atoms with E-state index in [1.807, 2.05) is 28.0 Å². The third-order valence-electron chi connectivity index (χ3n) is 4.29. The quantitative estimate of drug-likeness (QED) is 0.875. The van der Waals surface area contributed by atoms with Gasteiger partial charge < -0.3 is 4.90 Å². The molecule has 4 rings (SSSR count). The highest BCUT2D eigenvalue weighted by Gasteiger charge is 2.31. The predicted molar refractivity (Wildman–Crippen MR) is 80.6 cm³/mol. The molecule has 2 aromatic heterocycles. The van der Waals surface area contributed by atoms with Gasteiger partial charge in [0.25, 0.3) is 5.91 Å². The number of aromatic nitrogens is 3. The second-order valence-electron chi connectivity index (χ2n) is 6.08. The van der Waals surface area contributed by atoms with E-state index >= 15 is 0 Å². The van der Waals surface area contributed by atoms with Gasteiger partial charge in [0.05, 0.1) is 16.6 Å². The smallest absolute Gasteiger partial charge is 0.264 e. The number of carbonyl (C=O) groups excluding carboxylic acids is 1. The Morgan fingerprint density at radius 2 is 2.24 bits per heavy atom. The van der Waals surface area contributed by atoms with Crippen LogP contribution >= 0.6 is 11.3 Å². The van der Waals surface area contributed by atoms with Gasteiger partial charge in [-0.25, -0.2) is 4.68 Å². The highest BCUT2D eigenvalue weighted by atomic mass is 32.1. The first-order chi connectivity index (χ1) is 10.2. The van der Waals surface area contributed by atoms with Crippen molar-refractivity contribution in [3.8, 4) is 0 Å². The zero-order valence-corrected chi connectivity index (χ0v) is 12.8. The van der Waals surface area contributed by atoms with Crippen molar-refractivity contribution in [1.29, 1.82) is 0 Å². The second-order valence-corrected chi connectivity index (χ2v) is 6.99. The van der Waals surface area contributed by atoms with Crippen LogP contribution in [0.2, 0.25) is 0 Å². The van der Waals surface area contributed by atoms with E-state index < -0.39 is 0 Å². The molecule has 1 saturated heterocycles. The summed E-state index contributed by atoms with van der Waals surface area (Å²) in [5, 5.41) is 10.6. The van der Waals surface area contributed by atoms with Gasteiger partial charge in [0, 0.05) is 25.2 Å². The van der Waals surface area contributed by atoms with Crippen molar-refractivity contribution in [1.82, 2.24) is 19.9 Å². The highest BCUT2D eigenvalue weighted by Crippen LogP contribution is 2.39. The summed E-state index contributed by atoms with van der Waals surface area (Å²) in [6.07, 6.45) is 5.52. The van der Waals surface area contributed by atoms with Crippen molar-refractivity contribution >= 4 is 17.2 Å². The van der Waals surface area contributed by atoms with Crippen molar-refractivity contribution in [3.05, 3.63) is 33.8 Å². The van der Waals surface area contributed by atoms with Crippen molar-refractivity contribution in [2.75, 3.05) is 13.1 Å². The number of thiophene rings is 1. The molecule has 2 aromatic rings. The molecule has 3 heterocycles. The molecule has 5 nitrogen and oxygen atoms in total. The number of nitrogens with zero attached hydrogens (tertiary/aromatic N) is 4. The van der Waals surface area contributed by atoms with E-state index in [1.165, 1.54) is 24.2 Å². The van der Waals surface area contributed by atoms with Crippen LogP contribution in [0.4, 0.5) is 0 Å². The van der Waals surface area contributed by atoms with Gasteiger partial charge >= 0.3 is 0 Å². The Morgan fingerprint density at radius 1 is 1.38 bits per heavy atom. The number of hydrogen-bond acceptors (Lipinski definition) is 4. The average Bonchev–Trinajstić information content (AvgIpc) is 2.94. The minimum atomic E-state index is 0.151. The molecule has 21 heavy (non-hydrogen) atoms. The van der Waals surface area contributed by atoms with Gasteiger partial charge in [-0.05, 0) is 43.2 Å². The molecule has 1 unspecified atom stereocenters. The van der Waals surface area contributed by atoms with E-state index in [4.69, 9.17) is 0 Å². The van der Waals surface area contributed by atoms with Crippen LogP contribution in [0.1, 0.15) is 52.2 Å². The number of likely N-dealkylation sites (tertiary alicyclic amines) is 1. The maximum absolute atomic E-state index is 12.5. The van der Waals surface area contributed by atoms with Crippen LogP contribution in [-0.2, 0) is 0 Å². The summed E-state index contributed by atoms with van der Waals surface area (Å²) in [6.45, 7) is 3.57. The predicted octanol–water partition coefficient (Wildman–Crippen LogP) is 2.61. The number of carbonyl (C=O) groups is 1. The summed E-state index contributed by atoms with van der Waals surface area (Å²) in [5.41, 5.74) is 2.28. The van der Waals surface area contributed by atoms with E-state index in [0.717, 1.165) is 35.6 Å². The lowest BCUT2D eigenvalue weighted by Gasteiger charge is -2.15. The molecular weight excluding hydrogens is 284 g/mol. The minimum absolute atomic E-state index is 0.151. The molecule has 6 heteroatoms. The zero-order chi connectivity index (χ0) is 14.4. The molecule has 1 atom stereocenters. The normalized spacial score (nSPS) is 22.0. The van der Waals surface area contributed by atoms with Crippen LogP contribution in [0.3, 0.4) is 0 Å². The number of hydrogen-bond donors (Lipinski definition) is 0. The first-order valence-corrected chi connectivity index (χ1v) is 8.35. The summed E-state index contributed by atoms with van der Waals surface area (Å²) in [7, 11) is 0. The maximum atomic E-state index is 12.5. The van der Waals surface area contributed by atoms with Crippen molar-refractivity contribution in [3.63, 3.8) is 0 Å². The third kappa shape index (κ3) is 2.48. The summed E-state index contributed by atoms with van der Waals surface area (Å²) in [5.74, 6) is 0.783. The van der Waals surface area contributed by atoms with E-state index in [1.54, 1.807) is 0 Å². The second kappa shape index (κ2) is 4.94. The molecule has 0 aromatic carbocycles. The molecule has 0 spiro atoms. The highest BCUT2D eigenvalue weighted by molar-refractivity contribution is 7.12. The van der Waals surface area contributed by atoms with Crippen molar-refractivity contribution < 1.29 is 4.79 Å². The Labute approximate surface area is 127 Å². The Kier molecular flexibility index (Phi) is 3.06. The lowest BCUT2D eigenvalue weighted by Crippen LogP contribution is -2.28. The molecule has 2 fully saturated rings. The fourth-order valence-corrected chi connectivity index (χ4v) is 3.74. The molecule has 1 amide bonds. The topological polar surface area (TPSA) is 51.0 Å². The first-order valence-electron chi connectivity index (χ1n) is 7.47. The van der Waals surface area contributed by atoms with Gasteiger partial charge in [0.1, 0.15) is 0 Å². The van der Waals surface area contributed by atoms with E-state index in [-0.39, 0.29) is 11.9 Å². The van der Waals surface area contributed by atoms with Gasteiger partial charge in [0.2, 0.25) is 0 Å². The Bertz CT molecular complexity index is 673. The first kappa shape index (κ1) is 13.0. The van der Waals surface area contributed by atoms with Gasteiger partial charge in [0.15, 0.2) is 0 Å². The molecule has 110 valence electrons. The lowest BCUT2D eigenvalue weighted by molar-refractivity contribution is 0.0791. The summed E-state index contributed by atoms with van der Waals surface area (Å²) >= 11 is 1.53. The number of aryl methyl sites for hydroxylation is 1. The van der Waals surface area contributed by atoms with Crippen LogP contribution < -0.4 is 0 Å². The number of amides is 1. The van der Waals surface area contributed by atoms with Crippen molar-refractivity contribution in [2.24, 2.45) is 0 Å².